The predicted molar refractivity (Wildman–Crippen MR) is 73.4 cm³/mol. The summed E-state index contributed by atoms with van der Waals surface area (Å²) in [6, 6.07) is 7.19. The van der Waals surface area contributed by atoms with Crippen LogP contribution < -0.4 is 5.32 Å². The molecule has 0 amide bonds. The molecule has 0 atom stereocenters. The molecule has 0 spiro atoms. The van der Waals surface area contributed by atoms with Gasteiger partial charge in [-0.25, -0.2) is 8.42 Å². The Hall–Kier alpha value is -1.41. The van der Waals surface area contributed by atoms with Crippen LogP contribution in [-0.2, 0) is 16.4 Å². The monoisotopic (exact) mass is 365 g/mol. The standard InChI is InChI=1S/C12H10BrF2NO3S/c13-8-5-6-19-10(8)7-16-9-3-1-2-4-11(9)20(17,18)12(14)15/h1-6,12,16H,7H2. The van der Waals surface area contributed by atoms with Gasteiger partial charge in [0.2, 0.25) is 9.84 Å². The molecule has 4 nitrogen and oxygen atoms in total. The smallest absolute Gasteiger partial charge is 0.341 e. The summed E-state index contributed by atoms with van der Waals surface area (Å²) in [5, 5.41) is 2.78. The van der Waals surface area contributed by atoms with E-state index in [9.17, 15) is 17.2 Å². The fourth-order valence-corrected chi connectivity index (χ4v) is 2.83. The van der Waals surface area contributed by atoms with Gasteiger partial charge in [-0.3, -0.25) is 0 Å². The third kappa shape index (κ3) is 3.01. The Morgan fingerprint density at radius 1 is 1.25 bits per heavy atom. The van der Waals surface area contributed by atoms with Crippen LogP contribution in [0.5, 0.6) is 0 Å². The van der Waals surface area contributed by atoms with E-state index < -0.39 is 20.5 Å². The summed E-state index contributed by atoms with van der Waals surface area (Å²) in [5.74, 6) is -2.92. The lowest BCUT2D eigenvalue weighted by Gasteiger charge is -2.11. The summed E-state index contributed by atoms with van der Waals surface area (Å²) in [5.41, 5.74) is 0.108. The number of rotatable bonds is 5. The molecule has 0 aliphatic heterocycles. The topological polar surface area (TPSA) is 59.3 Å². The molecule has 1 aromatic heterocycles. The van der Waals surface area contributed by atoms with E-state index in [1.807, 2.05) is 0 Å². The van der Waals surface area contributed by atoms with Crippen molar-refractivity contribution in [3.63, 3.8) is 0 Å². The highest BCUT2D eigenvalue weighted by molar-refractivity contribution is 9.10. The summed E-state index contributed by atoms with van der Waals surface area (Å²) in [7, 11) is -4.65. The normalized spacial score (nSPS) is 11.8. The van der Waals surface area contributed by atoms with Gasteiger partial charge >= 0.3 is 5.76 Å². The Bertz CT molecular complexity index is 700. The molecule has 0 radical (unpaired) electrons. The van der Waals surface area contributed by atoms with E-state index in [1.54, 1.807) is 12.1 Å². The quantitative estimate of drug-likeness (QED) is 0.878. The number of sulfone groups is 1. The first-order valence-corrected chi connectivity index (χ1v) is 7.83. The molecule has 108 valence electrons. The summed E-state index contributed by atoms with van der Waals surface area (Å²) >= 11 is 3.25. The highest BCUT2D eigenvalue weighted by atomic mass is 79.9. The van der Waals surface area contributed by atoms with Crippen molar-refractivity contribution in [2.75, 3.05) is 5.32 Å². The summed E-state index contributed by atoms with van der Waals surface area (Å²) in [6.45, 7) is 0.170. The van der Waals surface area contributed by atoms with Gasteiger partial charge in [-0.1, -0.05) is 12.1 Å². The number of furan rings is 1. The number of anilines is 1. The highest BCUT2D eigenvalue weighted by Crippen LogP contribution is 2.27. The summed E-state index contributed by atoms with van der Waals surface area (Å²) in [4.78, 5) is -0.433. The van der Waals surface area contributed by atoms with Gasteiger partial charge in [-0.05, 0) is 34.1 Å². The Morgan fingerprint density at radius 2 is 1.95 bits per heavy atom. The molecule has 0 bridgehead atoms. The van der Waals surface area contributed by atoms with Gasteiger partial charge < -0.3 is 9.73 Å². The fraction of sp³-hybridized carbons (Fsp3) is 0.167. The van der Waals surface area contributed by atoms with Gasteiger partial charge in [0.15, 0.2) is 0 Å². The average Bonchev–Trinajstić information content (AvgIpc) is 2.82. The summed E-state index contributed by atoms with van der Waals surface area (Å²) in [6.07, 6.45) is 1.46. The molecule has 1 heterocycles. The van der Waals surface area contributed by atoms with Crippen molar-refractivity contribution in [1.29, 1.82) is 0 Å². The third-order valence-corrected chi connectivity index (χ3v) is 4.70. The minimum Gasteiger partial charge on any atom is -0.466 e. The summed E-state index contributed by atoms with van der Waals surface area (Å²) < 4.78 is 54.2. The first-order valence-electron chi connectivity index (χ1n) is 5.49. The molecule has 0 fully saturated rings. The van der Waals surface area contributed by atoms with Crippen molar-refractivity contribution < 1.29 is 21.6 Å². The largest absolute Gasteiger partial charge is 0.466 e. The second-order valence-corrected chi connectivity index (χ2v) is 6.59. The lowest BCUT2D eigenvalue weighted by atomic mass is 10.3. The second-order valence-electron chi connectivity index (χ2n) is 3.85. The molecule has 1 aromatic carbocycles. The number of halogens is 3. The molecule has 0 aliphatic rings. The van der Waals surface area contributed by atoms with Gasteiger partial charge in [0.1, 0.15) is 5.76 Å². The minimum atomic E-state index is -4.65. The molecule has 0 saturated carbocycles. The van der Waals surface area contributed by atoms with Gasteiger partial charge in [-0.2, -0.15) is 8.78 Å². The zero-order valence-corrected chi connectivity index (χ0v) is 12.4. The first-order chi connectivity index (χ1) is 9.43. The van der Waals surface area contributed by atoms with E-state index in [1.165, 1.54) is 18.4 Å². The zero-order chi connectivity index (χ0) is 14.8. The molecule has 1 N–H and O–H groups in total. The van der Waals surface area contributed by atoms with Gasteiger partial charge in [-0.15, -0.1) is 0 Å². The fourth-order valence-electron chi connectivity index (χ4n) is 1.58. The molecule has 2 rings (SSSR count). The van der Waals surface area contributed by atoms with E-state index in [2.05, 4.69) is 21.2 Å². The maximum absolute atomic E-state index is 12.6. The number of alkyl halides is 2. The van der Waals surface area contributed by atoms with E-state index in [0.29, 0.717) is 10.2 Å². The van der Waals surface area contributed by atoms with Crippen LogP contribution in [-0.4, -0.2) is 14.2 Å². The van der Waals surface area contributed by atoms with Gasteiger partial charge in [0.05, 0.1) is 27.9 Å². The van der Waals surface area contributed by atoms with Crippen LogP contribution in [0.4, 0.5) is 14.5 Å². The van der Waals surface area contributed by atoms with Crippen molar-refractivity contribution in [1.82, 2.24) is 0 Å². The minimum absolute atomic E-state index is 0.108. The van der Waals surface area contributed by atoms with Crippen LogP contribution in [0.2, 0.25) is 0 Å². The molecular formula is C12H10BrF2NO3S. The zero-order valence-electron chi connectivity index (χ0n) is 10.0. The number of para-hydroxylation sites is 1. The SMILES string of the molecule is O=S(=O)(c1ccccc1NCc1occc1Br)C(F)F. The van der Waals surface area contributed by atoms with Crippen LogP contribution in [0.25, 0.3) is 0 Å². The maximum Gasteiger partial charge on any atom is 0.341 e. The molecule has 0 saturated heterocycles. The number of hydrogen-bond donors (Lipinski definition) is 1. The van der Waals surface area contributed by atoms with E-state index >= 15 is 0 Å². The second kappa shape index (κ2) is 5.92. The van der Waals surface area contributed by atoms with Crippen molar-refractivity contribution in [2.24, 2.45) is 0 Å². The van der Waals surface area contributed by atoms with Gasteiger partial charge in [0.25, 0.3) is 0 Å². The number of hydrogen-bond acceptors (Lipinski definition) is 4. The van der Waals surface area contributed by atoms with E-state index in [-0.39, 0.29) is 12.2 Å². The Balaban J connectivity index is 2.28. The lowest BCUT2D eigenvalue weighted by Crippen LogP contribution is -2.14. The predicted octanol–water partition coefficient (Wildman–Crippen LogP) is 3.65. The van der Waals surface area contributed by atoms with Crippen molar-refractivity contribution >= 4 is 31.5 Å². The first kappa shape index (κ1) is 15.0. The van der Waals surface area contributed by atoms with Crippen LogP contribution in [0.1, 0.15) is 5.76 Å². The van der Waals surface area contributed by atoms with Crippen molar-refractivity contribution in [3.05, 3.63) is 46.8 Å². The van der Waals surface area contributed by atoms with Crippen LogP contribution in [0.15, 0.2) is 50.4 Å². The van der Waals surface area contributed by atoms with E-state index in [4.69, 9.17) is 4.42 Å². The molecular weight excluding hydrogens is 356 g/mol. The average molecular weight is 366 g/mol. The number of benzene rings is 1. The number of nitrogens with one attached hydrogen (secondary N) is 1. The molecule has 0 unspecified atom stereocenters. The molecule has 0 aliphatic carbocycles. The Morgan fingerprint density at radius 3 is 2.55 bits per heavy atom. The van der Waals surface area contributed by atoms with E-state index in [0.717, 1.165) is 6.07 Å². The lowest BCUT2D eigenvalue weighted by molar-refractivity contribution is 0.235. The molecule has 2 aromatic rings. The molecule has 20 heavy (non-hydrogen) atoms. The Labute approximate surface area is 122 Å². The van der Waals surface area contributed by atoms with Crippen LogP contribution in [0, 0.1) is 0 Å². The van der Waals surface area contributed by atoms with Crippen molar-refractivity contribution in [2.45, 2.75) is 17.2 Å². The maximum atomic E-state index is 12.6. The Kier molecular flexibility index (Phi) is 4.44. The van der Waals surface area contributed by atoms with Crippen LogP contribution >= 0.6 is 15.9 Å². The van der Waals surface area contributed by atoms with Crippen molar-refractivity contribution in [3.8, 4) is 0 Å². The third-order valence-electron chi connectivity index (χ3n) is 2.56. The van der Waals surface area contributed by atoms with Crippen LogP contribution in [0.3, 0.4) is 0 Å². The molecule has 8 heteroatoms. The van der Waals surface area contributed by atoms with Gasteiger partial charge in [0, 0.05) is 0 Å². The highest BCUT2D eigenvalue weighted by Gasteiger charge is 2.28.